The largest absolute Gasteiger partial charge is 0.379 e. The van der Waals surface area contributed by atoms with Crippen molar-refractivity contribution in [1.82, 2.24) is 4.90 Å². The van der Waals surface area contributed by atoms with Gasteiger partial charge in [0, 0.05) is 13.7 Å². The van der Waals surface area contributed by atoms with Gasteiger partial charge in [-0.2, -0.15) is 0 Å². The minimum Gasteiger partial charge on any atom is -0.379 e. The van der Waals surface area contributed by atoms with Crippen molar-refractivity contribution in [2.24, 2.45) is 0 Å². The van der Waals surface area contributed by atoms with Crippen LogP contribution >= 0.6 is 15.9 Å². The summed E-state index contributed by atoms with van der Waals surface area (Å²) in [4.78, 5) is 13.7. The molecule has 1 aliphatic heterocycles. The second-order valence-corrected chi connectivity index (χ2v) is 4.89. The van der Waals surface area contributed by atoms with E-state index in [2.05, 4.69) is 15.9 Å². The highest BCUT2D eigenvalue weighted by Crippen LogP contribution is 2.21. The maximum absolute atomic E-state index is 13.8. The Hall–Kier alpha value is -0.940. The Morgan fingerprint density at radius 2 is 2.35 bits per heavy atom. The van der Waals surface area contributed by atoms with Crippen LogP contribution in [-0.2, 0) is 4.74 Å². The van der Waals surface area contributed by atoms with Crippen molar-refractivity contribution in [2.75, 3.05) is 20.3 Å². The lowest BCUT2D eigenvalue weighted by atomic mass is 10.1. The van der Waals surface area contributed by atoms with E-state index in [0.717, 1.165) is 6.42 Å². The average molecular weight is 302 g/mol. The van der Waals surface area contributed by atoms with Gasteiger partial charge in [0.1, 0.15) is 5.82 Å². The van der Waals surface area contributed by atoms with E-state index in [1.54, 1.807) is 24.1 Å². The number of amides is 1. The molecule has 0 N–H and O–H groups in total. The molecule has 2 rings (SSSR count). The highest BCUT2D eigenvalue weighted by atomic mass is 79.9. The standard InChI is InChI=1S/C12H13BrFNO2/c1-15(8-5-6-17-7-8)12(16)9-3-2-4-10(13)11(9)14/h2-4,8H,5-7H2,1H3. The van der Waals surface area contributed by atoms with Crippen LogP contribution in [0.25, 0.3) is 0 Å². The maximum Gasteiger partial charge on any atom is 0.256 e. The number of carbonyl (C=O) groups is 1. The van der Waals surface area contributed by atoms with Gasteiger partial charge in [-0.05, 0) is 34.5 Å². The van der Waals surface area contributed by atoms with E-state index in [4.69, 9.17) is 4.74 Å². The van der Waals surface area contributed by atoms with E-state index in [1.165, 1.54) is 6.07 Å². The minimum atomic E-state index is -0.511. The molecule has 0 bridgehead atoms. The topological polar surface area (TPSA) is 29.5 Å². The molecule has 92 valence electrons. The third kappa shape index (κ3) is 2.50. The van der Waals surface area contributed by atoms with E-state index < -0.39 is 5.82 Å². The Balaban J connectivity index is 2.21. The summed E-state index contributed by atoms with van der Waals surface area (Å²) < 4.78 is 19.3. The average Bonchev–Trinajstić information content (AvgIpc) is 2.84. The summed E-state index contributed by atoms with van der Waals surface area (Å²) in [7, 11) is 1.68. The normalized spacial score (nSPS) is 19.4. The van der Waals surface area contributed by atoms with E-state index in [-0.39, 0.29) is 17.5 Å². The number of ether oxygens (including phenoxy) is 1. The molecule has 1 aliphatic rings. The molecule has 1 heterocycles. The van der Waals surface area contributed by atoms with Crippen LogP contribution in [0, 0.1) is 5.82 Å². The van der Waals surface area contributed by atoms with Crippen LogP contribution in [-0.4, -0.2) is 37.1 Å². The van der Waals surface area contributed by atoms with Crippen molar-refractivity contribution in [3.63, 3.8) is 0 Å². The summed E-state index contributed by atoms with van der Waals surface area (Å²) in [5.41, 5.74) is 0.0915. The van der Waals surface area contributed by atoms with Crippen molar-refractivity contribution in [2.45, 2.75) is 12.5 Å². The first kappa shape index (κ1) is 12.5. The Labute approximate surface area is 108 Å². The van der Waals surface area contributed by atoms with E-state index >= 15 is 0 Å². The van der Waals surface area contributed by atoms with Crippen LogP contribution in [0.15, 0.2) is 22.7 Å². The molecular weight excluding hydrogens is 289 g/mol. The zero-order valence-electron chi connectivity index (χ0n) is 9.45. The minimum absolute atomic E-state index is 0.0425. The third-order valence-electron chi connectivity index (χ3n) is 2.96. The molecule has 0 saturated carbocycles. The smallest absolute Gasteiger partial charge is 0.256 e. The summed E-state index contributed by atoms with van der Waals surface area (Å²) in [5, 5.41) is 0. The Bertz CT molecular complexity index is 433. The van der Waals surface area contributed by atoms with Gasteiger partial charge in [-0.3, -0.25) is 4.79 Å². The monoisotopic (exact) mass is 301 g/mol. The van der Waals surface area contributed by atoms with E-state index in [0.29, 0.717) is 17.7 Å². The lowest BCUT2D eigenvalue weighted by Gasteiger charge is -2.23. The molecule has 0 radical (unpaired) electrons. The fraction of sp³-hybridized carbons (Fsp3) is 0.417. The summed E-state index contributed by atoms with van der Waals surface area (Å²) in [5.74, 6) is -0.817. The summed E-state index contributed by atoms with van der Waals surface area (Å²) in [6.07, 6.45) is 0.803. The molecule has 1 aromatic carbocycles. The van der Waals surface area contributed by atoms with Crippen LogP contribution in [0.5, 0.6) is 0 Å². The van der Waals surface area contributed by atoms with Gasteiger partial charge in [-0.1, -0.05) is 6.07 Å². The lowest BCUT2D eigenvalue weighted by molar-refractivity contribution is 0.0706. The highest BCUT2D eigenvalue weighted by Gasteiger charge is 2.26. The number of benzene rings is 1. The Kier molecular flexibility index (Phi) is 3.79. The quantitative estimate of drug-likeness (QED) is 0.840. The Morgan fingerprint density at radius 3 is 3.00 bits per heavy atom. The fourth-order valence-electron chi connectivity index (χ4n) is 1.85. The van der Waals surface area contributed by atoms with Gasteiger partial charge < -0.3 is 9.64 Å². The first-order valence-corrected chi connectivity index (χ1v) is 6.19. The maximum atomic E-state index is 13.8. The first-order chi connectivity index (χ1) is 8.11. The van der Waals surface area contributed by atoms with Crippen molar-refractivity contribution in [3.05, 3.63) is 34.1 Å². The molecule has 0 aromatic heterocycles. The zero-order chi connectivity index (χ0) is 12.4. The summed E-state index contributed by atoms with van der Waals surface area (Å²) >= 11 is 3.08. The third-order valence-corrected chi connectivity index (χ3v) is 3.57. The van der Waals surface area contributed by atoms with Gasteiger partial charge in [0.25, 0.3) is 5.91 Å². The highest BCUT2D eigenvalue weighted by molar-refractivity contribution is 9.10. The summed E-state index contributed by atoms with van der Waals surface area (Å²) in [6.45, 7) is 1.18. The van der Waals surface area contributed by atoms with Gasteiger partial charge in [0.05, 0.1) is 22.7 Å². The van der Waals surface area contributed by atoms with Crippen LogP contribution in [0.3, 0.4) is 0 Å². The van der Waals surface area contributed by atoms with Crippen LogP contribution in [0.1, 0.15) is 16.8 Å². The van der Waals surface area contributed by atoms with Crippen LogP contribution < -0.4 is 0 Å². The molecule has 3 nitrogen and oxygen atoms in total. The number of halogens is 2. The second-order valence-electron chi connectivity index (χ2n) is 4.03. The molecule has 1 amide bonds. The number of hydrogen-bond donors (Lipinski definition) is 0. The molecular formula is C12H13BrFNO2. The van der Waals surface area contributed by atoms with Gasteiger partial charge in [-0.25, -0.2) is 4.39 Å². The van der Waals surface area contributed by atoms with E-state index in [1.807, 2.05) is 0 Å². The molecule has 1 fully saturated rings. The van der Waals surface area contributed by atoms with Gasteiger partial charge in [-0.15, -0.1) is 0 Å². The fourth-order valence-corrected chi connectivity index (χ4v) is 2.22. The lowest BCUT2D eigenvalue weighted by Crippen LogP contribution is -2.37. The molecule has 0 spiro atoms. The van der Waals surface area contributed by atoms with Crippen molar-refractivity contribution >= 4 is 21.8 Å². The number of nitrogens with zero attached hydrogens (tertiary/aromatic N) is 1. The number of likely N-dealkylation sites (N-methyl/N-ethyl adjacent to an activating group) is 1. The summed E-state index contributed by atoms with van der Waals surface area (Å²) in [6, 6.07) is 4.76. The van der Waals surface area contributed by atoms with Crippen molar-refractivity contribution in [3.8, 4) is 0 Å². The number of carbonyl (C=O) groups excluding carboxylic acids is 1. The predicted octanol–water partition coefficient (Wildman–Crippen LogP) is 2.45. The molecule has 1 atom stereocenters. The number of rotatable bonds is 2. The van der Waals surface area contributed by atoms with Crippen LogP contribution in [0.4, 0.5) is 4.39 Å². The van der Waals surface area contributed by atoms with Gasteiger partial charge >= 0.3 is 0 Å². The molecule has 1 unspecified atom stereocenters. The Morgan fingerprint density at radius 1 is 1.59 bits per heavy atom. The SMILES string of the molecule is CN(C(=O)c1cccc(Br)c1F)C1CCOC1. The second kappa shape index (κ2) is 5.14. The van der Waals surface area contributed by atoms with Gasteiger partial charge in [0.2, 0.25) is 0 Å². The molecule has 0 aliphatic carbocycles. The predicted molar refractivity (Wildman–Crippen MR) is 65.4 cm³/mol. The zero-order valence-corrected chi connectivity index (χ0v) is 11.0. The van der Waals surface area contributed by atoms with E-state index in [9.17, 15) is 9.18 Å². The first-order valence-electron chi connectivity index (χ1n) is 5.40. The van der Waals surface area contributed by atoms with Gasteiger partial charge in [0.15, 0.2) is 0 Å². The number of hydrogen-bond acceptors (Lipinski definition) is 2. The van der Waals surface area contributed by atoms with Crippen molar-refractivity contribution < 1.29 is 13.9 Å². The molecule has 17 heavy (non-hydrogen) atoms. The molecule has 1 saturated heterocycles. The van der Waals surface area contributed by atoms with Crippen molar-refractivity contribution in [1.29, 1.82) is 0 Å². The van der Waals surface area contributed by atoms with Crippen LogP contribution in [0.2, 0.25) is 0 Å². The molecule has 5 heteroatoms. The molecule has 1 aromatic rings.